The highest BCUT2D eigenvalue weighted by molar-refractivity contribution is 8.14. The van der Waals surface area contributed by atoms with Gasteiger partial charge in [0.25, 0.3) is 34.7 Å². The predicted octanol–water partition coefficient (Wildman–Crippen LogP) is -2.92. The van der Waals surface area contributed by atoms with E-state index in [1.807, 2.05) is 7.05 Å². The van der Waals surface area contributed by atoms with E-state index in [-0.39, 0.29) is 121 Å². The lowest BCUT2D eigenvalue weighted by molar-refractivity contribution is -0.368. The summed E-state index contributed by atoms with van der Waals surface area (Å²) in [7, 11) is 3.58. The number of nitrogens with one attached hydrogen (secondary N) is 5. The van der Waals surface area contributed by atoms with Gasteiger partial charge in [-0.15, -0.1) is 5.06 Å². The third-order valence-electron chi connectivity index (χ3n) is 11.6. The number of carbonyl (C=O) groups excluding carboxylic acids is 12. The molecule has 2 atom stereocenters. The van der Waals surface area contributed by atoms with Crippen molar-refractivity contribution in [1.29, 1.82) is 0 Å². The minimum atomic E-state index is -0.779. The van der Waals surface area contributed by atoms with Crippen LogP contribution in [0.1, 0.15) is 103 Å². The van der Waals surface area contributed by atoms with Crippen LogP contribution in [0.4, 0.5) is 0 Å². The summed E-state index contributed by atoms with van der Waals surface area (Å²) in [6, 6.07) is -0.0369. The summed E-state index contributed by atoms with van der Waals surface area (Å²) in [5, 5.41) is 17.8. The van der Waals surface area contributed by atoms with Crippen molar-refractivity contribution in [1.82, 2.24) is 55.0 Å². The first-order valence-electron chi connectivity index (χ1n) is 26.0. The minimum absolute atomic E-state index is 0.0105. The van der Waals surface area contributed by atoms with Crippen LogP contribution in [0.5, 0.6) is 0 Å². The fourth-order valence-electron chi connectivity index (χ4n) is 7.24. The van der Waals surface area contributed by atoms with E-state index in [1.54, 1.807) is 14.0 Å². The van der Waals surface area contributed by atoms with E-state index in [0.29, 0.717) is 35.7 Å². The number of hydrogen-bond acceptors (Lipinski definition) is 22. The lowest BCUT2D eigenvalue weighted by Crippen LogP contribution is -2.50. The Hall–Kier alpha value is -7.26. The van der Waals surface area contributed by atoms with E-state index in [0.717, 1.165) is 71.3 Å². The normalized spacial score (nSPS) is 13.3. The van der Waals surface area contributed by atoms with Crippen molar-refractivity contribution >= 4 is 92.6 Å². The van der Waals surface area contributed by atoms with Crippen molar-refractivity contribution in [3.63, 3.8) is 0 Å². The second-order valence-electron chi connectivity index (χ2n) is 18.7. The lowest BCUT2D eigenvalue weighted by Gasteiger charge is -2.27. The number of amides is 7. The van der Waals surface area contributed by atoms with Gasteiger partial charge < -0.3 is 36.3 Å². The van der Waals surface area contributed by atoms with E-state index in [4.69, 9.17) is 5.21 Å². The van der Waals surface area contributed by atoms with Gasteiger partial charge in [-0.3, -0.25) is 86.6 Å². The number of rotatable bonds is 28. The van der Waals surface area contributed by atoms with Crippen molar-refractivity contribution in [2.45, 2.75) is 131 Å². The van der Waals surface area contributed by atoms with Crippen LogP contribution in [0, 0.1) is 13.8 Å². The fraction of sp³-hybridized carbons (Fsp3) is 0.600. The monoisotopic (exact) mass is 1200 g/mol. The van der Waals surface area contributed by atoms with Crippen LogP contribution in [0.2, 0.25) is 0 Å². The number of unbranched alkanes of at least 4 members (excludes halogenated alkanes) is 2. The Labute approximate surface area is 480 Å². The lowest BCUT2D eigenvalue weighted by atomic mass is 10.1. The first-order chi connectivity index (χ1) is 38.5. The van der Waals surface area contributed by atoms with E-state index < -0.39 is 58.0 Å². The van der Waals surface area contributed by atoms with Crippen LogP contribution in [0.15, 0.2) is 31.6 Å². The molecule has 7 amide bonds. The van der Waals surface area contributed by atoms with Gasteiger partial charge in [-0.25, -0.2) is 14.4 Å². The van der Waals surface area contributed by atoms with Gasteiger partial charge in [0.2, 0.25) is 17.7 Å². The number of nitrogens with zero attached hydrogens (tertiary/aromatic N) is 6. The molecule has 0 aliphatic carbocycles. The number of aromatic nitrogens is 4. The smallest absolute Gasteiger partial charge is 0.343 e. The molecular formula is C50H77N12O18S2+. The molecule has 2 aromatic rings. The molecule has 9 N–H and O–H groups in total. The maximum absolute atomic E-state index is 12.8. The summed E-state index contributed by atoms with van der Waals surface area (Å²) in [4.78, 5) is 194. The number of quaternary nitrogens is 1. The Morgan fingerprint density at radius 1 is 0.634 bits per heavy atom. The molecular weight excluding hydrogens is 1120 g/mol. The van der Waals surface area contributed by atoms with E-state index in [2.05, 4.69) is 36.5 Å². The van der Waals surface area contributed by atoms with Gasteiger partial charge in [0.15, 0.2) is 10.2 Å². The molecule has 4 heterocycles. The molecule has 0 spiro atoms. The number of hydroxylamine groups is 4. The summed E-state index contributed by atoms with van der Waals surface area (Å²) in [6.45, 7) is 10.0. The molecule has 32 heteroatoms. The second kappa shape index (κ2) is 38.4. The Bertz CT molecular complexity index is 2800. The molecule has 0 aromatic carbocycles. The third kappa shape index (κ3) is 28.9. The summed E-state index contributed by atoms with van der Waals surface area (Å²) in [5.74, 6) is -4.19. The van der Waals surface area contributed by atoms with Gasteiger partial charge in [0.05, 0.1) is 25.4 Å². The number of imide groups is 2. The molecule has 456 valence electrons. The van der Waals surface area contributed by atoms with Gasteiger partial charge >= 0.3 is 17.3 Å². The molecule has 2 unspecified atom stereocenters. The molecule has 2 aliphatic rings. The summed E-state index contributed by atoms with van der Waals surface area (Å²) in [6.07, 6.45) is 8.15. The van der Waals surface area contributed by atoms with Gasteiger partial charge in [-0.1, -0.05) is 29.9 Å². The SMILES string of the molecule is CC(=O)SCC(=O)ON1C(=O)CCC1=O.CNC(CCCCNC(=O)CSC(C)=O)CN(CC(C)=O)C(=O)Cn1cc(C)c(=O)[nH]c1=O.CNC(CCCC[NH3+])CN(CC(C)=O)C(=O)Cn1cc(C)c(=O)[nH]c1=O.O=C1CCC(=O)N1O. The van der Waals surface area contributed by atoms with Crippen LogP contribution in [0.3, 0.4) is 0 Å². The fourth-order valence-corrected chi connectivity index (χ4v) is 8.05. The van der Waals surface area contributed by atoms with Crippen molar-refractivity contribution in [2.75, 3.05) is 64.9 Å². The van der Waals surface area contributed by atoms with Gasteiger partial charge in [-0.05, 0) is 73.9 Å². The first-order valence-corrected chi connectivity index (χ1v) is 27.9. The number of aryl methyl sites for hydroxylation is 2. The highest BCUT2D eigenvalue weighted by atomic mass is 32.2. The average Bonchev–Trinajstić information content (AvgIpc) is 3.98. The summed E-state index contributed by atoms with van der Waals surface area (Å²) >= 11 is 1.73. The summed E-state index contributed by atoms with van der Waals surface area (Å²) < 4.78 is 2.27. The topological polar surface area (TPSA) is 421 Å². The Morgan fingerprint density at radius 3 is 1.40 bits per heavy atom. The van der Waals surface area contributed by atoms with Crippen LogP contribution in [0.25, 0.3) is 0 Å². The highest BCUT2D eigenvalue weighted by Gasteiger charge is 2.33. The number of ketones is 2. The first kappa shape index (κ1) is 72.8. The molecule has 30 nitrogen and oxygen atoms in total. The number of hydrogen-bond donors (Lipinski definition) is 7. The molecule has 0 radical (unpaired) electrons. The van der Waals surface area contributed by atoms with E-state index in [1.165, 1.54) is 56.8 Å². The second-order valence-corrected chi connectivity index (χ2v) is 21.0. The standard InChI is InChI=1S/C21H33N5O6S.C17H29N5O4.C8H9NO5S.C4H5NO3/c1-14-9-26(21(32)24-20(14)31)12-19(30)25(10-15(2)27)11-17(22-4)7-5-6-8-23-18(29)13-33-16(3)28;1-12-8-22(17(26)20-16(12)25)11-15(24)21(9-13(2)23)10-14(19-3)6-4-5-7-18;1-5(10)15-4-8(13)14-9-6(11)2-3-7(9)12;6-3-1-2-4(7)5(3)8/h9,17,22H,5-8,10-13H2,1-4H3,(H,23,29)(H,24,31,32);8,14,19H,4-7,9-11,18H2,1-3H3,(H,20,25,26);2-4H2,1H3;8H,1-2H2/p+1. The highest BCUT2D eigenvalue weighted by Crippen LogP contribution is 2.14. The van der Waals surface area contributed by atoms with Crippen molar-refractivity contribution < 1.29 is 73.3 Å². The number of Topliss-reactive ketones (excluding diaryl/α,β-unsaturated/α-hetero) is 2. The number of H-pyrrole nitrogens is 2. The zero-order valence-electron chi connectivity index (χ0n) is 47.5. The van der Waals surface area contributed by atoms with Crippen LogP contribution in [-0.4, -0.2) is 190 Å². The summed E-state index contributed by atoms with van der Waals surface area (Å²) in [5.41, 5.74) is 2.16. The predicted molar refractivity (Wildman–Crippen MR) is 297 cm³/mol. The number of aromatic amines is 2. The molecule has 2 saturated heterocycles. The average molecular weight is 1200 g/mol. The van der Waals surface area contributed by atoms with Crippen molar-refractivity contribution in [3.8, 4) is 0 Å². The third-order valence-corrected chi connectivity index (χ3v) is 13.2. The van der Waals surface area contributed by atoms with E-state index in [9.17, 15) is 76.7 Å². The van der Waals surface area contributed by atoms with Crippen molar-refractivity contribution in [3.05, 3.63) is 65.2 Å². The van der Waals surface area contributed by atoms with Crippen molar-refractivity contribution in [2.24, 2.45) is 0 Å². The molecule has 2 fully saturated rings. The molecule has 2 aliphatic heterocycles. The van der Waals surface area contributed by atoms with E-state index >= 15 is 0 Å². The Kier molecular flexibility index (Phi) is 34.1. The van der Waals surface area contributed by atoms with Gasteiger partial charge in [0, 0.05) is 94.8 Å². The quantitative estimate of drug-likeness (QED) is 0.0255. The Morgan fingerprint density at radius 2 is 1.04 bits per heavy atom. The number of likely N-dealkylation sites (N-methyl/N-ethyl adjacent to an activating group) is 2. The van der Waals surface area contributed by atoms with Gasteiger partial charge in [-0.2, -0.15) is 5.06 Å². The maximum atomic E-state index is 12.8. The largest absolute Gasteiger partial charge is 0.358 e. The molecule has 82 heavy (non-hydrogen) atoms. The van der Waals surface area contributed by atoms with Gasteiger partial charge in [0.1, 0.15) is 30.4 Å². The minimum Gasteiger partial charge on any atom is -0.358 e. The zero-order chi connectivity index (χ0) is 62.2. The molecule has 0 saturated carbocycles. The number of thioether (sulfide) groups is 2. The Balaban J connectivity index is 0.000000603. The van der Waals surface area contributed by atoms with Crippen LogP contribution in [-0.2, 0) is 75.5 Å². The number of carbonyl (C=O) groups is 12. The molecule has 4 rings (SSSR count). The molecule has 2 aromatic heterocycles. The van der Waals surface area contributed by atoms with Crippen LogP contribution < -0.4 is 44.2 Å². The zero-order valence-corrected chi connectivity index (χ0v) is 49.2. The van der Waals surface area contributed by atoms with Crippen LogP contribution >= 0.6 is 23.5 Å². The molecule has 0 bridgehead atoms. The maximum Gasteiger partial charge on any atom is 0.343 e.